The molecule has 0 saturated heterocycles. The maximum Gasteiger partial charge on any atom is 0.232 e. The Labute approximate surface area is 168 Å². The Morgan fingerprint density at radius 1 is 1.00 bits per heavy atom. The lowest BCUT2D eigenvalue weighted by atomic mass is 10.3. The first-order valence-electron chi connectivity index (χ1n) is 8.90. The van der Waals surface area contributed by atoms with Crippen LogP contribution in [0.5, 0.6) is 0 Å². The molecule has 2 aromatic carbocycles. The molecule has 4 N–H and O–H groups in total. The van der Waals surface area contributed by atoms with Gasteiger partial charge in [0.05, 0.1) is 5.25 Å². The maximum atomic E-state index is 12.0. The minimum atomic E-state index is -0.0221. The Balaban J connectivity index is 1.53. The number of amides is 1. The van der Waals surface area contributed by atoms with Gasteiger partial charge < -0.3 is 16.4 Å². The zero-order valence-corrected chi connectivity index (χ0v) is 16.3. The lowest BCUT2D eigenvalue weighted by Gasteiger charge is -2.12. The molecule has 0 spiro atoms. The van der Waals surface area contributed by atoms with Crippen molar-refractivity contribution in [2.45, 2.75) is 18.6 Å². The first-order valence-corrected chi connectivity index (χ1v) is 9.95. The van der Waals surface area contributed by atoms with Crippen LogP contribution in [-0.2, 0) is 4.79 Å². The number of carbonyl (C=O) groups is 1. The fourth-order valence-corrected chi connectivity index (χ4v) is 3.36. The molecule has 0 radical (unpaired) electrons. The molecule has 0 bridgehead atoms. The van der Waals surface area contributed by atoms with Crippen LogP contribution in [0.4, 0.5) is 23.3 Å². The van der Waals surface area contributed by atoms with Crippen molar-refractivity contribution in [3.63, 3.8) is 0 Å². The van der Waals surface area contributed by atoms with Crippen molar-refractivity contribution >= 4 is 40.9 Å². The molecule has 144 valence electrons. The van der Waals surface area contributed by atoms with Gasteiger partial charge in [-0.1, -0.05) is 36.4 Å². The van der Waals surface area contributed by atoms with Crippen molar-refractivity contribution in [3.8, 4) is 0 Å². The summed E-state index contributed by atoms with van der Waals surface area (Å²) in [7, 11) is 0. The maximum absolute atomic E-state index is 12.0. The molecular weight excluding hydrogens is 372 g/mol. The number of anilines is 4. The molecule has 1 heterocycles. The first-order chi connectivity index (χ1) is 13.6. The quantitative estimate of drug-likeness (QED) is 0.530. The molecular formula is C20H22N6OS. The summed E-state index contributed by atoms with van der Waals surface area (Å²) in [5.41, 5.74) is 7.51. The summed E-state index contributed by atoms with van der Waals surface area (Å²) < 4.78 is 0. The van der Waals surface area contributed by atoms with Crippen molar-refractivity contribution in [3.05, 3.63) is 66.5 Å². The molecule has 8 heteroatoms. The standard InChI is InChI=1S/C20H22N6OS/c1-14(28-13-12-17(27)22-15-8-4-2-5-9-15)18-24-19(21)26-20(25-18)23-16-10-6-3-7-11-16/h2-11,14H,12-13H2,1H3,(H,22,27)(H3,21,23,24,25,26). The van der Waals surface area contributed by atoms with Gasteiger partial charge >= 0.3 is 0 Å². The molecule has 1 amide bonds. The molecule has 7 nitrogen and oxygen atoms in total. The van der Waals surface area contributed by atoms with E-state index in [9.17, 15) is 4.79 Å². The average Bonchev–Trinajstić information content (AvgIpc) is 2.69. The SMILES string of the molecule is CC(SCCC(=O)Nc1ccccc1)c1nc(N)nc(Nc2ccccc2)n1. The van der Waals surface area contributed by atoms with Crippen LogP contribution >= 0.6 is 11.8 Å². The lowest BCUT2D eigenvalue weighted by molar-refractivity contribution is -0.115. The highest BCUT2D eigenvalue weighted by molar-refractivity contribution is 7.99. The fraction of sp³-hybridized carbons (Fsp3) is 0.200. The number of nitrogens with two attached hydrogens (primary N) is 1. The van der Waals surface area contributed by atoms with Crippen molar-refractivity contribution in [1.82, 2.24) is 15.0 Å². The van der Waals surface area contributed by atoms with Crippen LogP contribution in [0.2, 0.25) is 0 Å². The van der Waals surface area contributed by atoms with Crippen LogP contribution in [0.15, 0.2) is 60.7 Å². The van der Waals surface area contributed by atoms with Gasteiger partial charge in [0.2, 0.25) is 17.8 Å². The van der Waals surface area contributed by atoms with Crippen molar-refractivity contribution < 1.29 is 4.79 Å². The third kappa shape index (κ3) is 5.95. The van der Waals surface area contributed by atoms with Crippen molar-refractivity contribution in [2.75, 3.05) is 22.1 Å². The molecule has 0 aliphatic rings. The molecule has 3 aromatic rings. The van der Waals surface area contributed by atoms with E-state index in [1.54, 1.807) is 11.8 Å². The number of rotatable bonds is 8. The number of nitrogens with one attached hydrogen (secondary N) is 2. The second-order valence-electron chi connectivity index (χ2n) is 6.04. The summed E-state index contributed by atoms with van der Waals surface area (Å²) in [6, 6.07) is 19.0. The van der Waals surface area contributed by atoms with E-state index in [0.29, 0.717) is 23.9 Å². The van der Waals surface area contributed by atoms with Gasteiger partial charge in [0.1, 0.15) is 5.82 Å². The zero-order chi connectivity index (χ0) is 19.8. The Kier molecular flexibility index (Phi) is 6.80. The average molecular weight is 395 g/mol. The summed E-state index contributed by atoms with van der Waals surface area (Å²) in [6.45, 7) is 1.99. The molecule has 0 aliphatic carbocycles. The van der Waals surface area contributed by atoms with Crippen LogP contribution in [0.3, 0.4) is 0 Å². The van der Waals surface area contributed by atoms with E-state index in [2.05, 4.69) is 25.6 Å². The second kappa shape index (κ2) is 9.70. The van der Waals surface area contributed by atoms with Gasteiger partial charge in [0.25, 0.3) is 0 Å². The van der Waals surface area contributed by atoms with Crippen molar-refractivity contribution in [1.29, 1.82) is 0 Å². The number of hydrogen-bond donors (Lipinski definition) is 3. The number of para-hydroxylation sites is 2. The topological polar surface area (TPSA) is 106 Å². The van der Waals surface area contributed by atoms with E-state index < -0.39 is 0 Å². The Hall–Kier alpha value is -3.13. The highest BCUT2D eigenvalue weighted by Gasteiger charge is 2.14. The molecule has 1 atom stereocenters. The molecule has 0 saturated carbocycles. The molecule has 1 aromatic heterocycles. The van der Waals surface area contributed by atoms with Gasteiger partial charge in [-0.05, 0) is 31.2 Å². The largest absolute Gasteiger partial charge is 0.368 e. The van der Waals surface area contributed by atoms with Crippen LogP contribution in [-0.4, -0.2) is 26.6 Å². The normalized spacial score (nSPS) is 11.6. The molecule has 0 fully saturated rings. The summed E-state index contributed by atoms with van der Waals surface area (Å²) in [6.07, 6.45) is 0.402. The number of thioether (sulfide) groups is 1. The number of hydrogen-bond acceptors (Lipinski definition) is 7. The van der Waals surface area contributed by atoms with Crippen molar-refractivity contribution in [2.24, 2.45) is 0 Å². The van der Waals surface area contributed by atoms with E-state index in [0.717, 1.165) is 11.4 Å². The molecule has 1 unspecified atom stereocenters. The van der Waals surface area contributed by atoms with Gasteiger partial charge in [-0.3, -0.25) is 4.79 Å². The van der Waals surface area contributed by atoms with Gasteiger partial charge in [-0.2, -0.15) is 26.7 Å². The summed E-state index contributed by atoms with van der Waals surface area (Å²) in [5, 5.41) is 5.98. The monoisotopic (exact) mass is 394 g/mol. The van der Waals surface area contributed by atoms with Crippen LogP contribution in [0.1, 0.15) is 24.4 Å². The van der Waals surface area contributed by atoms with E-state index in [-0.39, 0.29) is 17.1 Å². The Bertz CT molecular complexity index is 907. The molecule has 0 aliphatic heterocycles. The Morgan fingerprint density at radius 2 is 1.64 bits per heavy atom. The number of nitrogens with zero attached hydrogens (tertiary/aromatic N) is 3. The Morgan fingerprint density at radius 3 is 2.32 bits per heavy atom. The minimum Gasteiger partial charge on any atom is -0.368 e. The zero-order valence-electron chi connectivity index (χ0n) is 15.5. The van der Waals surface area contributed by atoms with E-state index in [4.69, 9.17) is 5.73 Å². The number of benzene rings is 2. The van der Waals surface area contributed by atoms with Gasteiger partial charge in [0, 0.05) is 23.5 Å². The third-order valence-corrected chi connectivity index (χ3v) is 4.97. The number of carbonyl (C=O) groups excluding carboxylic acids is 1. The highest BCUT2D eigenvalue weighted by atomic mass is 32.2. The smallest absolute Gasteiger partial charge is 0.232 e. The summed E-state index contributed by atoms with van der Waals surface area (Å²) in [5.74, 6) is 1.78. The second-order valence-corrected chi connectivity index (χ2v) is 7.49. The van der Waals surface area contributed by atoms with E-state index >= 15 is 0 Å². The van der Waals surface area contributed by atoms with Gasteiger partial charge in [0.15, 0.2) is 0 Å². The van der Waals surface area contributed by atoms with Crippen LogP contribution in [0, 0.1) is 0 Å². The van der Waals surface area contributed by atoms with Crippen LogP contribution < -0.4 is 16.4 Å². The predicted octanol–water partition coefficient (Wildman–Crippen LogP) is 4.02. The molecule has 3 rings (SSSR count). The lowest BCUT2D eigenvalue weighted by Crippen LogP contribution is -2.13. The number of nitrogen functional groups attached to an aromatic ring is 1. The first kappa shape index (κ1) is 19.6. The van der Waals surface area contributed by atoms with Gasteiger partial charge in [-0.25, -0.2) is 0 Å². The molecule has 28 heavy (non-hydrogen) atoms. The number of aromatic nitrogens is 3. The van der Waals surface area contributed by atoms with E-state index in [1.165, 1.54) is 0 Å². The van der Waals surface area contributed by atoms with Crippen LogP contribution in [0.25, 0.3) is 0 Å². The van der Waals surface area contributed by atoms with E-state index in [1.807, 2.05) is 67.6 Å². The predicted molar refractivity (Wildman–Crippen MR) is 115 cm³/mol. The minimum absolute atomic E-state index is 0.0208. The van der Waals surface area contributed by atoms with Gasteiger partial charge in [-0.15, -0.1) is 0 Å². The summed E-state index contributed by atoms with van der Waals surface area (Å²) >= 11 is 1.60. The highest BCUT2D eigenvalue weighted by Crippen LogP contribution is 2.27. The fourth-order valence-electron chi connectivity index (χ4n) is 2.45. The third-order valence-electron chi connectivity index (χ3n) is 3.82. The summed E-state index contributed by atoms with van der Waals surface area (Å²) in [4.78, 5) is 24.9.